The summed E-state index contributed by atoms with van der Waals surface area (Å²) < 4.78 is 6.22. The van der Waals surface area contributed by atoms with Crippen LogP contribution in [-0.4, -0.2) is 74.5 Å². The van der Waals surface area contributed by atoms with E-state index < -0.39 is 29.6 Å². The highest BCUT2D eigenvalue weighted by Crippen LogP contribution is 2.51. The molecule has 5 N–H and O–H groups in total. The number of hydrogen-bond acceptors (Lipinski definition) is 8. The van der Waals surface area contributed by atoms with Crippen LogP contribution >= 0.6 is 0 Å². The second-order valence-electron chi connectivity index (χ2n) is 12.0. The Morgan fingerprint density at radius 3 is 2.26 bits per heavy atom. The van der Waals surface area contributed by atoms with Crippen LogP contribution in [0.15, 0.2) is 37.1 Å². The van der Waals surface area contributed by atoms with Gasteiger partial charge in [0.2, 0.25) is 17.6 Å². The van der Waals surface area contributed by atoms with Gasteiger partial charge in [-0.05, 0) is 37.2 Å². The molecule has 0 radical (unpaired) electrons. The van der Waals surface area contributed by atoms with E-state index in [2.05, 4.69) is 36.2 Å². The fourth-order valence-corrected chi connectivity index (χ4v) is 6.54. The molecule has 246 valence electrons. The van der Waals surface area contributed by atoms with Crippen molar-refractivity contribution in [1.29, 1.82) is 0 Å². The third-order valence-electron chi connectivity index (χ3n) is 8.73. The monoisotopic (exact) mass is 645 g/mol. The van der Waals surface area contributed by atoms with Crippen LogP contribution < -0.4 is 21.3 Å². The number of nitrogens with zero attached hydrogens (tertiary/aromatic N) is 7. The number of amides is 4. The minimum atomic E-state index is -1.15. The number of carboxylic acids is 1. The van der Waals surface area contributed by atoms with E-state index in [9.17, 15) is 29.1 Å². The van der Waals surface area contributed by atoms with Crippen LogP contribution in [0.5, 0.6) is 0 Å². The molecule has 3 unspecified atom stereocenters. The molecule has 2 fully saturated rings. The van der Waals surface area contributed by atoms with Gasteiger partial charge in [-0.2, -0.15) is 0 Å². The number of imidazole rings is 3. The van der Waals surface area contributed by atoms with Crippen LogP contribution in [0.4, 0.5) is 17.3 Å². The highest BCUT2D eigenvalue weighted by molar-refractivity contribution is 6.04. The molecular formula is C30H35N11O6. The number of carbonyl (C=O) groups excluding carboxylic acids is 4. The van der Waals surface area contributed by atoms with Crippen LogP contribution in [0.1, 0.15) is 80.5 Å². The normalized spacial score (nSPS) is 18.2. The first-order chi connectivity index (χ1) is 22.5. The number of nitrogens with one attached hydrogen (secondary N) is 4. The van der Waals surface area contributed by atoms with Crippen LogP contribution in [0.2, 0.25) is 0 Å². The average Bonchev–Trinajstić information content (AvgIpc) is 3.86. The first-order valence-electron chi connectivity index (χ1n) is 15.2. The van der Waals surface area contributed by atoms with Crippen LogP contribution in [0.3, 0.4) is 0 Å². The third-order valence-corrected chi connectivity index (χ3v) is 8.73. The van der Waals surface area contributed by atoms with Gasteiger partial charge in [0.05, 0.1) is 5.69 Å². The maximum atomic E-state index is 13.1. The Morgan fingerprint density at radius 1 is 0.830 bits per heavy atom. The summed E-state index contributed by atoms with van der Waals surface area (Å²) in [5.41, 5.74) is 0.588. The molecule has 0 spiro atoms. The first kappa shape index (κ1) is 31.3. The predicted octanol–water partition coefficient (Wildman–Crippen LogP) is 2.01. The topological polar surface area (TPSA) is 212 Å². The molecule has 2 bridgehead atoms. The summed E-state index contributed by atoms with van der Waals surface area (Å²) in [4.78, 5) is 75.0. The van der Waals surface area contributed by atoms with Crippen LogP contribution in [0.25, 0.3) is 0 Å². The van der Waals surface area contributed by atoms with Gasteiger partial charge in [-0.1, -0.05) is 6.42 Å². The first-order valence-corrected chi connectivity index (χ1v) is 15.2. The highest BCUT2D eigenvalue weighted by Gasteiger charge is 2.42. The van der Waals surface area contributed by atoms with Gasteiger partial charge in [0, 0.05) is 71.1 Å². The molecule has 2 saturated carbocycles. The van der Waals surface area contributed by atoms with Gasteiger partial charge in [-0.15, -0.1) is 0 Å². The van der Waals surface area contributed by atoms with E-state index in [1.165, 1.54) is 34.0 Å². The molecule has 17 nitrogen and oxygen atoms in total. The van der Waals surface area contributed by atoms with Gasteiger partial charge >= 0.3 is 5.97 Å². The van der Waals surface area contributed by atoms with E-state index in [1.807, 2.05) is 0 Å². The fraction of sp³-hybridized carbons (Fsp3) is 0.400. The van der Waals surface area contributed by atoms with Crippen LogP contribution in [-0.2, 0) is 25.9 Å². The molecule has 47 heavy (non-hydrogen) atoms. The minimum absolute atomic E-state index is 0.00380. The Labute approximate surface area is 268 Å². The van der Waals surface area contributed by atoms with Crippen molar-refractivity contribution in [1.82, 2.24) is 38.5 Å². The summed E-state index contributed by atoms with van der Waals surface area (Å²) in [7, 11) is 4.92. The van der Waals surface area contributed by atoms with Crippen molar-refractivity contribution < 1.29 is 29.1 Å². The van der Waals surface area contributed by atoms with Gasteiger partial charge in [0.1, 0.15) is 5.69 Å². The number of aryl methyl sites for hydroxylation is 3. The lowest BCUT2D eigenvalue weighted by atomic mass is 9.95. The Kier molecular flexibility index (Phi) is 8.36. The SMILES string of the molecule is Cn1cc(NC(=O)CCNC(=O)c2nc(NC(=O)c3nccn3C)cn2C)cc1C(=O)Nc1cn(C2CC3CCC2C3)c(C(=O)O)n1. The lowest BCUT2D eigenvalue weighted by Gasteiger charge is -2.23. The number of aromatic carboxylic acids is 1. The molecule has 4 heterocycles. The summed E-state index contributed by atoms with van der Waals surface area (Å²) in [6, 6.07) is 1.55. The molecule has 2 aliphatic rings. The van der Waals surface area contributed by atoms with E-state index in [0.717, 1.165) is 19.3 Å². The summed E-state index contributed by atoms with van der Waals surface area (Å²) in [6.07, 6.45) is 12.0. The number of rotatable bonds is 11. The smallest absolute Gasteiger partial charge is 0.372 e. The number of anilines is 3. The van der Waals surface area contributed by atoms with Gasteiger partial charge < -0.3 is 44.6 Å². The molecule has 0 aromatic carbocycles. The van der Waals surface area contributed by atoms with Crippen molar-refractivity contribution in [3.05, 3.63) is 60.2 Å². The quantitative estimate of drug-likeness (QED) is 0.161. The molecule has 17 heteroatoms. The zero-order valence-electron chi connectivity index (χ0n) is 26.1. The predicted molar refractivity (Wildman–Crippen MR) is 167 cm³/mol. The van der Waals surface area contributed by atoms with Crippen molar-refractivity contribution >= 4 is 46.9 Å². The third kappa shape index (κ3) is 6.49. The van der Waals surface area contributed by atoms with Gasteiger partial charge in [-0.25, -0.2) is 19.7 Å². The Hall–Kier alpha value is -5.74. The summed E-state index contributed by atoms with van der Waals surface area (Å²) in [5, 5.41) is 20.4. The van der Waals surface area contributed by atoms with Gasteiger partial charge in [0.15, 0.2) is 17.5 Å². The second kappa shape index (κ2) is 12.6. The Morgan fingerprint density at radius 2 is 1.57 bits per heavy atom. The molecule has 6 rings (SSSR count). The minimum Gasteiger partial charge on any atom is -0.475 e. The Bertz CT molecular complexity index is 1880. The van der Waals surface area contributed by atoms with E-state index >= 15 is 0 Å². The van der Waals surface area contributed by atoms with Crippen molar-refractivity contribution in [2.45, 2.75) is 38.1 Å². The fourth-order valence-electron chi connectivity index (χ4n) is 6.54. The molecule has 2 aliphatic carbocycles. The number of aromatic nitrogens is 7. The van der Waals surface area contributed by atoms with Crippen molar-refractivity contribution in [3.63, 3.8) is 0 Å². The number of carbonyl (C=O) groups is 5. The maximum absolute atomic E-state index is 13.1. The summed E-state index contributed by atoms with van der Waals surface area (Å²) >= 11 is 0. The second-order valence-corrected chi connectivity index (χ2v) is 12.0. The molecule has 0 aliphatic heterocycles. The summed E-state index contributed by atoms with van der Waals surface area (Å²) in [6.45, 7) is 0.00380. The van der Waals surface area contributed by atoms with Gasteiger partial charge in [-0.3, -0.25) is 19.2 Å². The Balaban J connectivity index is 1.00. The van der Waals surface area contributed by atoms with E-state index in [-0.39, 0.29) is 53.8 Å². The zero-order chi connectivity index (χ0) is 33.4. The highest BCUT2D eigenvalue weighted by atomic mass is 16.4. The lowest BCUT2D eigenvalue weighted by Crippen LogP contribution is -2.29. The van der Waals surface area contributed by atoms with E-state index in [4.69, 9.17) is 0 Å². The standard InChI is InChI=1S/C30H35N11O6/c1-38-9-8-31-24(38)29(45)37-21-14-40(3)25(34-21)28(44)32-7-6-23(42)33-18-12-20(39(2)13-18)27(43)36-22-15-41(26(35-22)30(46)47)19-11-16-4-5-17(19)10-16/h8-9,12-17,19H,4-7,10-11H2,1-3H3,(H,32,44)(H,33,42)(H,36,43)(H,37,45)(H,46,47). The zero-order valence-corrected chi connectivity index (χ0v) is 26.1. The van der Waals surface area contributed by atoms with Crippen molar-refractivity contribution in [3.8, 4) is 0 Å². The number of hydrogen-bond donors (Lipinski definition) is 5. The lowest BCUT2D eigenvalue weighted by molar-refractivity contribution is -0.116. The summed E-state index contributed by atoms with van der Waals surface area (Å²) in [5.74, 6) is -1.61. The largest absolute Gasteiger partial charge is 0.475 e. The maximum Gasteiger partial charge on any atom is 0.372 e. The van der Waals surface area contributed by atoms with Gasteiger partial charge in [0.25, 0.3) is 17.7 Å². The number of carboxylic acid groups (broad SMARTS) is 1. The number of fused-ring (bicyclic) bond motifs is 2. The molecule has 4 amide bonds. The molecule has 3 atom stereocenters. The van der Waals surface area contributed by atoms with Crippen LogP contribution in [0, 0.1) is 11.8 Å². The van der Waals surface area contributed by atoms with Crippen molar-refractivity contribution in [2.75, 3.05) is 22.5 Å². The van der Waals surface area contributed by atoms with Crippen molar-refractivity contribution in [2.24, 2.45) is 33.0 Å². The average molecular weight is 646 g/mol. The van der Waals surface area contributed by atoms with E-state index in [1.54, 1.807) is 48.9 Å². The molecular weight excluding hydrogens is 610 g/mol. The molecule has 4 aromatic heterocycles. The molecule has 0 saturated heterocycles. The molecule has 4 aromatic rings. The van der Waals surface area contributed by atoms with E-state index in [0.29, 0.717) is 17.5 Å².